The van der Waals surface area contributed by atoms with Crippen LogP contribution in [0.2, 0.25) is 5.02 Å². The van der Waals surface area contributed by atoms with Crippen molar-refractivity contribution in [1.29, 1.82) is 0 Å². The van der Waals surface area contributed by atoms with Gasteiger partial charge in [0.25, 0.3) is 5.91 Å². The van der Waals surface area contributed by atoms with Crippen molar-refractivity contribution in [2.24, 2.45) is 12.5 Å². The Morgan fingerprint density at radius 1 is 1.06 bits per heavy atom. The Balaban J connectivity index is 2.03. The number of rotatable bonds is 16. The summed E-state index contributed by atoms with van der Waals surface area (Å²) in [4.78, 5) is 12.9. The van der Waals surface area contributed by atoms with Crippen molar-refractivity contribution in [3.8, 4) is 22.7 Å². The molecule has 47 heavy (non-hydrogen) atoms. The summed E-state index contributed by atoms with van der Waals surface area (Å²) in [6, 6.07) is 7.47. The van der Waals surface area contributed by atoms with E-state index >= 15 is 0 Å². The number of aromatic nitrogens is 3. The van der Waals surface area contributed by atoms with Crippen LogP contribution in [0, 0.1) is 5.41 Å². The van der Waals surface area contributed by atoms with Crippen LogP contribution in [-0.4, -0.2) is 26.9 Å². The molecule has 4 rings (SSSR count). The van der Waals surface area contributed by atoms with E-state index in [1.54, 1.807) is 12.1 Å². The van der Waals surface area contributed by atoms with Crippen LogP contribution in [0.15, 0.2) is 103 Å². The van der Waals surface area contributed by atoms with Crippen LogP contribution >= 0.6 is 11.6 Å². The van der Waals surface area contributed by atoms with E-state index in [1.807, 2.05) is 55.9 Å². The third-order valence-electron chi connectivity index (χ3n) is 9.72. The fourth-order valence-electron chi connectivity index (χ4n) is 6.81. The molecule has 1 amide bonds. The van der Waals surface area contributed by atoms with Crippen LogP contribution in [0.4, 0.5) is 0 Å². The molecule has 3 aromatic rings. The highest BCUT2D eigenvalue weighted by molar-refractivity contribution is 6.34. The first-order valence-electron chi connectivity index (χ1n) is 16.3. The number of allylic oxidation sites excluding steroid dienone is 8. The molecule has 1 fully saturated rings. The molecule has 3 unspecified atom stereocenters. The van der Waals surface area contributed by atoms with Crippen LogP contribution in [0.5, 0.6) is 0 Å². The van der Waals surface area contributed by atoms with E-state index in [0.29, 0.717) is 41.3 Å². The second-order valence-electron chi connectivity index (χ2n) is 13.2. The second kappa shape index (κ2) is 14.3. The number of hydrogen-bond acceptors (Lipinski definition) is 4. The predicted molar refractivity (Wildman–Crippen MR) is 196 cm³/mol. The van der Waals surface area contributed by atoms with Gasteiger partial charge in [-0.1, -0.05) is 91.4 Å². The standard InChI is InChI=1S/C40H49ClN4O2/c1-11-20-38(8,21-12-2)40(23-14-4,24-15-5)36-34(39(9,22-13-3)27(6)7)35(45(10)43-36)33-26-32(44-47-33)28-16-19-31(41)30(25-28)37(46)42-29-17-18-29/h11-16,19,21,24-26,29H,1,3-4,6,17-18,20,22-23H2,2,5,7-10H3,(H,42,46). The Kier molecular flexibility index (Phi) is 10.9. The first-order valence-corrected chi connectivity index (χ1v) is 16.7. The minimum absolute atomic E-state index is 0.186. The number of carbonyl (C=O) groups is 1. The van der Waals surface area contributed by atoms with E-state index in [1.165, 1.54) is 0 Å². The van der Waals surface area contributed by atoms with E-state index in [-0.39, 0.29) is 11.9 Å². The molecule has 0 bridgehead atoms. The summed E-state index contributed by atoms with van der Waals surface area (Å²) in [5, 5.41) is 13.2. The number of nitrogens with one attached hydrogen (secondary N) is 1. The maximum Gasteiger partial charge on any atom is 0.253 e. The molecule has 0 radical (unpaired) electrons. The van der Waals surface area contributed by atoms with Gasteiger partial charge in [0, 0.05) is 46.5 Å². The molecular formula is C40H49ClN4O2. The Bertz CT molecular complexity index is 1740. The first-order chi connectivity index (χ1) is 22.4. The molecule has 2 heterocycles. The van der Waals surface area contributed by atoms with Crippen LogP contribution in [0.1, 0.15) is 88.3 Å². The largest absolute Gasteiger partial charge is 0.354 e. The van der Waals surface area contributed by atoms with E-state index < -0.39 is 16.2 Å². The zero-order valence-electron chi connectivity index (χ0n) is 28.8. The lowest BCUT2D eigenvalue weighted by Gasteiger charge is -2.46. The molecule has 0 aliphatic heterocycles. The summed E-state index contributed by atoms with van der Waals surface area (Å²) in [5.74, 6) is 0.366. The van der Waals surface area contributed by atoms with Crippen molar-refractivity contribution in [3.63, 3.8) is 0 Å². The molecule has 0 spiro atoms. The normalized spacial score (nSPS) is 17.2. The predicted octanol–water partition coefficient (Wildman–Crippen LogP) is 10.2. The van der Waals surface area contributed by atoms with E-state index in [2.05, 4.69) is 81.9 Å². The number of aryl methyl sites for hydroxylation is 1. The van der Waals surface area contributed by atoms with Crippen LogP contribution in [-0.2, 0) is 17.9 Å². The summed E-state index contributed by atoms with van der Waals surface area (Å²) in [7, 11) is 1.94. The van der Waals surface area contributed by atoms with Gasteiger partial charge in [0.15, 0.2) is 5.76 Å². The summed E-state index contributed by atoms with van der Waals surface area (Å²) in [5.41, 5.74) is 3.84. The summed E-state index contributed by atoms with van der Waals surface area (Å²) >= 11 is 6.46. The zero-order chi connectivity index (χ0) is 34.6. The number of nitrogens with zero attached hydrogens (tertiary/aromatic N) is 3. The Hall–Kier alpha value is -4.16. The fraction of sp³-hybridized carbons (Fsp3) is 0.375. The average molecular weight is 653 g/mol. The van der Waals surface area contributed by atoms with Crippen LogP contribution in [0.3, 0.4) is 0 Å². The molecule has 1 aliphatic carbocycles. The Morgan fingerprint density at radius 3 is 2.30 bits per heavy atom. The van der Waals surface area contributed by atoms with Crippen molar-refractivity contribution < 1.29 is 9.32 Å². The van der Waals surface area contributed by atoms with Crippen LogP contribution < -0.4 is 5.32 Å². The molecule has 1 N–H and O–H groups in total. The maximum atomic E-state index is 12.9. The van der Waals surface area contributed by atoms with Crippen LogP contribution in [0.25, 0.3) is 22.7 Å². The third-order valence-corrected chi connectivity index (χ3v) is 10.0. The molecule has 2 aromatic heterocycles. The lowest BCUT2D eigenvalue weighted by atomic mass is 9.56. The monoisotopic (exact) mass is 652 g/mol. The van der Waals surface area contributed by atoms with Gasteiger partial charge >= 0.3 is 0 Å². The summed E-state index contributed by atoms with van der Waals surface area (Å²) in [6.45, 7) is 27.5. The van der Waals surface area contributed by atoms with Crippen molar-refractivity contribution in [2.75, 3.05) is 0 Å². The van der Waals surface area contributed by atoms with Crippen molar-refractivity contribution in [3.05, 3.63) is 121 Å². The van der Waals surface area contributed by atoms with Crippen molar-refractivity contribution in [2.45, 2.75) is 83.6 Å². The quantitative estimate of drug-likeness (QED) is 0.156. The number of benzene rings is 1. The molecule has 6 nitrogen and oxygen atoms in total. The number of halogens is 1. The molecule has 1 saturated carbocycles. The second-order valence-corrected chi connectivity index (χ2v) is 13.6. The molecule has 7 heteroatoms. The topological polar surface area (TPSA) is 73.0 Å². The molecule has 3 atom stereocenters. The molecule has 0 saturated heterocycles. The molecule has 248 valence electrons. The van der Waals surface area contributed by atoms with Gasteiger partial charge in [-0.2, -0.15) is 5.10 Å². The lowest BCUT2D eigenvalue weighted by Crippen LogP contribution is -2.43. The van der Waals surface area contributed by atoms with Gasteiger partial charge in [0.2, 0.25) is 0 Å². The van der Waals surface area contributed by atoms with E-state index in [0.717, 1.165) is 40.9 Å². The van der Waals surface area contributed by atoms with Crippen molar-refractivity contribution in [1.82, 2.24) is 20.3 Å². The molecule has 1 aromatic carbocycles. The highest BCUT2D eigenvalue weighted by Crippen LogP contribution is 2.55. The smallest absolute Gasteiger partial charge is 0.253 e. The Morgan fingerprint density at radius 2 is 1.72 bits per heavy atom. The first kappa shape index (κ1) is 35.7. The SMILES string of the molecule is C=CCC(C)(C(=C)C)c1c(C(C=CC)(CC=C)C(C)(C=CC)CC=C)nn(C)c1-c1cc(-c2ccc(Cl)c(C(=O)NC3CC3)c2)no1. The van der Waals surface area contributed by atoms with Crippen molar-refractivity contribution >= 4 is 17.5 Å². The highest BCUT2D eigenvalue weighted by atomic mass is 35.5. The fourth-order valence-corrected chi connectivity index (χ4v) is 7.01. The van der Waals surface area contributed by atoms with Gasteiger partial charge in [0.1, 0.15) is 11.4 Å². The third kappa shape index (κ3) is 6.66. The minimum Gasteiger partial charge on any atom is -0.354 e. The van der Waals surface area contributed by atoms with Gasteiger partial charge in [-0.25, -0.2) is 0 Å². The van der Waals surface area contributed by atoms with Gasteiger partial charge < -0.3 is 9.84 Å². The minimum atomic E-state index is -0.601. The molecular weight excluding hydrogens is 604 g/mol. The zero-order valence-corrected chi connectivity index (χ0v) is 29.6. The lowest BCUT2D eigenvalue weighted by molar-refractivity contribution is 0.0951. The number of carbonyl (C=O) groups excluding carboxylic acids is 1. The maximum absolute atomic E-state index is 12.9. The summed E-state index contributed by atoms with van der Waals surface area (Å²) in [6.07, 6.45) is 18.5. The number of amides is 1. The Labute approximate surface area is 285 Å². The van der Waals surface area contributed by atoms with Gasteiger partial charge in [-0.3, -0.25) is 9.48 Å². The summed E-state index contributed by atoms with van der Waals surface area (Å²) < 4.78 is 8.03. The van der Waals surface area contributed by atoms with E-state index in [9.17, 15) is 4.79 Å². The van der Waals surface area contributed by atoms with E-state index in [4.69, 9.17) is 21.2 Å². The number of hydrogen-bond donors (Lipinski definition) is 1. The van der Waals surface area contributed by atoms with Gasteiger partial charge in [-0.15, -0.1) is 19.7 Å². The van der Waals surface area contributed by atoms with Gasteiger partial charge in [0.05, 0.1) is 16.3 Å². The molecule has 1 aliphatic rings. The van der Waals surface area contributed by atoms with Gasteiger partial charge in [-0.05, 0) is 65.0 Å². The highest BCUT2D eigenvalue weighted by Gasteiger charge is 2.51. The average Bonchev–Trinajstić information content (AvgIpc) is 3.57.